The molecule has 0 bridgehead atoms. The zero-order valence-corrected chi connectivity index (χ0v) is 15.9. The van der Waals surface area contributed by atoms with Gasteiger partial charge < -0.3 is 4.98 Å². The SMILES string of the molecule is CC(=O)c1c(C)[nH]c(C(=O)CNC(c2ccccc2)c2ccccc2)c1C. The van der Waals surface area contributed by atoms with Crippen LogP contribution < -0.4 is 5.32 Å². The van der Waals surface area contributed by atoms with E-state index >= 15 is 0 Å². The maximum atomic E-state index is 12.8. The molecule has 0 unspecified atom stereocenters. The molecule has 0 saturated heterocycles. The Hall–Kier alpha value is -2.98. The molecule has 1 aromatic heterocycles. The molecule has 138 valence electrons. The highest BCUT2D eigenvalue weighted by molar-refractivity contribution is 6.03. The van der Waals surface area contributed by atoms with Crippen molar-refractivity contribution in [2.75, 3.05) is 6.54 Å². The van der Waals surface area contributed by atoms with Crippen LogP contribution in [0.5, 0.6) is 0 Å². The Morgan fingerprint density at radius 3 is 1.89 bits per heavy atom. The van der Waals surface area contributed by atoms with Crippen LogP contribution in [0.3, 0.4) is 0 Å². The second kappa shape index (κ2) is 8.14. The number of benzene rings is 2. The van der Waals surface area contributed by atoms with Crippen molar-refractivity contribution in [3.05, 3.63) is 94.3 Å². The molecule has 0 aliphatic carbocycles. The number of aromatic nitrogens is 1. The number of ketones is 2. The number of carbonyl (C=O) groups excluding carboxylic acids is 2. The molecule has 4 heteroatoms. The first-order valence-electron chi connectivity index (χ1n) is 9.05. The standard InChI is InChI=1S/C23H24N2O2/c1-15-21(17(3)26)16(2)25-22(15)20(27)14-24-23(18-10-6-4-7-11-18)19-12-8-5-9-13-19/h4-13,23-25H,14H2,1-3H3. The summed E-state index contributed by atoms with van der Waals surface area (Å²) >= 11 is 0. The molecule has 3 aromatic rings. The second-order valence-electron chi connectivity index (χ2n) is 6.74. The van der Waals surface area contributed by atoms with Gasteiger partial charge >= 0.3 is 0 Å². The van der Waals surface area contributed by atoms with Gasteiger partial charge in [0, 0.05) is 11.3 Å². The zero-order valence-electron chi connectivity index (χ0n) is 15.9. The van der Waals surface area contributed by atoms with Gasteiger partial charge in [-0.2, -0.15) is 0 Å². The van der Waals surface area contributed by atoms with Gasteiger partial charge in [0.15, 0.2) is 11.6 Å². The van der Waals surface area contributed by atoms with E-state index in [2.05, 4.69) is 10.3 Å². The van der Waals surface area contributed by atoms with Crippen LogP contribution in [-0.2, 0) is 0 Å². The van der Waals surface area contributed by atoms with E-state index in [-0.39, 0.29) is 24.2 Å². The number of nitrogens with one attached hydrogen (secondary N) is 2. The molecule has 0 saturated carbocycles. The molecule has 0 fully saturated rings. The van der Waals surface area contributed by atoms with Crippen LogP contribution in [0, 0.1) is 13.8 Å². The number of hydrogen-bond donors (Lipinski definition) is 2. The lowest BCUT2D eigenvalue weighted by atomic mass is 9.98. The number of carbonyl (C=O) groups is 2. The zero-order chi connectivity index (χ0) is 19.4. The number of H-pyrrole nitrogens is 1. The van der Waals surface area contributed by atoms with Crippen molar-refractivity contribution >= 4 is 11.6 Å². The van der Waals surface area contributed by atoms with Crippen LogP contribution in [-0.4, -0.2) is 23.1 Å². The number of hydrogen-bond acceptors (Lipinski definition) is 3. The lowest BCUT2D eigenvalue weighted by Gasteiger charge is -2.19. The summed E-state index contributed by atoms with van der Waals surface area (Å²) in [5.74, 6) is -0.0836. The van der Waals surface area contributed by atoms with Gasteiger partial charge in [0.2, 0.25) is 0 Å². The average molecular weight is 360 g/mol. The van der Waals surface area contributed by atoms with Crippen molar-refractivity contribution in [3.8, 4) is 0 Å². The fourth-order valence-corrected chi connectivity index (χ4v) is 3.56. The predicted molar refractivity (Wildman–Crippen MR) is 107 cm³/mol. The maximum Gasteiger partial charge on any atom is 0.193 e. The highest BCUT2D eigenvalue weighted by Crippen LogP contribution is 2.23. The molecule has 0 spiro atoms. The van der Waals surface area contributed by atoms with Gasteiger partial charge in [0.05, 0.1) is 18.3 Å². The third-order valence-electron chi connectivity index (χ3n) is 4.80. The van der Waals surface area contributed by atoms with E-state index in [1.54, 1.807) is 0 Å². The summed E-state index contributed by atoms with van der Waals surface area (Å²) < 4.78 is 0. The Kier molecular flexibility index (Phi) is 5.67. The topological polar surface area (TPSA) is 62.0 Å². The van der Waals surface area contributed by atoms with Crippen LogP contribution in [0.2, 0.25) is 0 Å². The molecule has 27 heavy (non-hydrogen) atoms. The quantitative estimate of drug-likeness (QED) is 0.614. The predicted octanol–water partition coefficient (Wildman–Crippen LogP) is 4.40. The summed E-state index contributed by atoms with van der Waals surface area (Å²) in [7, 11) is 0. The van der Waals surface area contributed by atoms with Crippen molar-refractivity contribution in [3.63, 3.8) is 0 Å². The molecule has 4 nitrogen and oxygen atoms in total. The summed E-state index contributed by atoms with van der Waals surface area (Å²) in [6.45, 7) is 5.34. The Labute approximate surface area is 159 Å². The Bertz CT molecular complexity index is 904. The molecule has 2 aromatic carbocycles. The van der Waals surface area contributed by atoms with Crippen LogP contribution in [0.1, 0.15) is 56.2 Å². The van der Waals surface area contributed by atoms with Crippen LogP contribution >= 0.6 is 0 Å². The normalized spacial score (nSPS) is 11.0. The number of rotatable bonds is 7. The largest absolute Gasteiger partial charge is 0.355 e. The molecule has 0 atom stereocenters. The van der Waals surface area contributed by atoms with Crippen molar-refractivity contribution in [2.24, 2.45) is 0 Å². The van der Waals surface area contributed by atoms with E-state index in [1.165, 1.54) is 6.92 Å². The molecule has 3 rings (SSSR count). The van der Waals surface area contributed by atoms with Gasteiger partial charge in [-0.1, -0.05) is 60.7 Å². The molecule has 0 aliphatic heterocycles. The van der Waals surface area contributed by atoms with E-state index in [4.69, 9.17) is 0 Å². The van der Waals surface area contributed by atoms with Crippen molar-refractivity contribution in [1.82, 2.24) is 10.3 Å². The van der Waals surface area contributed by atoms with E-state index in [0.29, 0.717) is 11.3 Å². The van der Waals surface area contributed by atoms with Gasteiger partial charge in [-0.15, -0.1) is 0 Å². The fraction of sp³-hybridized carbons (Fsp3) is 0.217. The van der Waals surface area contributed by atoms with Crippen molar-refractivity contribution in [1.29, 1.82) is 0 Å². The first-order chi connectivity index (χ1) is 13.0. The van der Waals surface area contributed by atoms with E-state index < -0.39 is 0 Å². The van der Waals surface area contributed by atoms with Crippen LogP contribution in [0.15, 0.2) is 60.7 Å². The molecular formula is C23H24N2O2. The lowest BCUT2D eigenvalue weighted by Crippen LogP contribution is -2.29. The highest BCUT2D eigenvalue weighted by Gasteiger charge is 2.21. The fourth-order valence-electron chi connectivity index (χ4n) is 3.56. The summed E-state index contributed by atoms with van der Waals surface area (Å²) in [5, 5.41) is 3.38. The molecule has 1 heterocycles. The van der Waals surface area contributed by atoms with E-state index in [1.807, 2.05) is 74.5 Å². The Morgan fingerprint density at radius 1 is 0.926 bits per heavy atom. The second-order valence-corrected chi connectivity index (χ2v) is 6.74. The average Bonchev–Trinajstić information content (AvgIpc) is 2.98. The maximum absolute atomic E-state index is 12.8. The molecule has 0 radical (unpaired) electrons. The molecule has 0 aliphatic rings. The summed E-state index contributed by atoms with van der Waals surface area (Å²) in [6, 6.07) is 20.0. The number of aryl methyl sites for hydroxylation is 1. The minimum Gasteiger partial charge on any atom is -0.355 e. The first-order valence-corrected chi connectivity index (χ1v) is 9.05. The van der Waals surface area contributed by atoms with Gasteiger partial charge in [0.1, 0.15) is 0 Å². The Balaban J connectivity index is 1.83. The Morgan fingerprint density at radius 2 is 1.44 bits per heavy atom. The molecule has 0 amide bonds. The van der Waals surface area contributed by atoms with Gasteiger partial charge in [-0.3, -0.25) is 14.9 Å². The highest BCUT2D eigenvalue weighted by atomic mass is 16.1. The molecule has 2 N–H and O–H groups in total. The lowest BCUT2D eigenvalue weighted by molar-refractivity contribution is 0.0983. The third-order valence-corrected chi connectivity index (χ3v) is 4.80. The number of aromatic amines is 1. The monoisotopic (exact) mass is 360 g/mol. The number of Topliss-reactive ketones (excluding diaryl/α,β-unsaturated/α-hetero) is 2. The van der Waals surface area contributed by atoms with E-state index in [9.17, 15) is 9.59 Å². The van der Waals surface area contributed by atoms with Gasteiger partial charge in [-0.25, -0.2) is 0 Å². The summed E-state index contributed by atoms with van der Waals surface area (Å²) in [5.41, 5.74) is 4.78. The summed E-state index contributed by atoms with van der Waals surface area (Å²) in [6.07, 6.45) is 0. The smallest absolute Gasteiger partial charge is 0.193 e. The first kappa shape index (κ1) is 18.8. The van der Waals surface area contributed by atoms with Crippen LogP contribution in [0.25, 0.3) is 0 Å². The minimum atomic E-state index is -0.0833. The van der Waals surface area contributed by atoms with E-state index in [0.717, 1.165) is 22.4 Å². The van der Waals surface area contributed by atoms with Gasteiger partial charge in [-0.05, 0) is 37.5 Å². The van der Waals surface area contributed by atoms with Crippen molar-refractivity contribution < 1.29 is 9.59 Å². The third kappa shape index (κ3) is 4.07. The van der Waals surface area contributed by atoms with Crippen molar-refractivity contribution in [2.45, 2.75) is 26.8 Å². The van der Waals surface area contributed by atoms with Gasteiger partial charge in [0.25, 0.3) is 0 Å². The summed E-state index contributed by atoms with van der Waals surface area (Å²) in [4.78, 5) is 27.7. The molecular weight excluding hydrogens is 336 g/mol. The van der Waals surface area contributed by atoms with Crippen LogP contribution in [0.4, 0.5) is 0 Å². The minimum absolute atomic E-state index is 0.0280.